The minimum atomic E-state index is -3.61. The van der Waals surface area contributed by atoms with E-state index >= 15 is 0 Å². The molecule has 1 unspecified atom stereocenters. The van der Waals surface area contributed by atoms with Crippen molar-refractivity contribution in [3.8, 4) is 0 Å². The first kappa shape index (κ1) is 22.4. The highest BCUT2D eigenvalue weighted by atomic mass is 32.2. The van der Waals surface area contributed by atoms with Crippen LogP contribution in [0.4, 0.5) is 11.4 Å². The second kappa shape index (κ2) is 9.54. The van der Waals surface area contributed by atoms with Crippen molar-refractivity contribution in [2.24, 2.45) is 0 Å². The highest BCUT2D eigenvalue weighted by Gasteiger charge is 2.16. The SMILES string of the molecule is CCC(C)NS(=O)(=O)c1ccc(NC(=S)NC(=O)c2ccc([N+](=O)[O-])cc2)cc1. The van der Waals surface area contributed by atoms with Crippen molar-refractivity contribution < 1.29 is 18.1 Å². The van der Waals surface area contributed by atoms with Gasteiger partial charge in [-0.25, -0.2) is 13.1 Å². The van der Waals surface area contributed by atoms with Gasteiger partial charge in [0.25, 0.3) is 11.6 Å². The Bertz CT molecular complexity index is 1010. The smallest absolute Gasteiger partial charge is 0.269 e. The maximum Gasteiger partial charge on any atom is 0.269 e. The topological polar surface area (TPSA) is 130 Å². The predicted octanol–water partition coefficient (Wildman–Crippen LogP) is 2.80. The average Bonchev–Trinajstić information content (AvgIpc) is 2.67. The molecule has 0 aromatic heterocycles. The molecule has 0 aliphatic rings. The molecule has 0 aliphatic heterocycles. The molecule has 1 amide bonds. The van der Waals surface area contributed by atoms with E-state index in [0.29, 0.717) is 12.1 Å². The summed E-state index contributed by atoms with van der Waals surface area (Å²) in [6, 6.07) is 10.8. The van der Waals surface area contributed by atoms with E-state index in [1.165, 1.54) is 48.5 Å². The van der Waals surface area contributed by atoms with Crippen molar-refractivity contribution in [2.75, 3.05) is 5.32 Å². The molecule has 0 aliphatic carbocycles. The zero-order chi connectivity index (χ0) is 21.6. The Morgan fingerprint density at radius 3 is 2.24 bits per heavy atom. The summed E-state index contributed by atoms with van der Waals surface area (Å²) in [7, 11) is -3.61. The molecule has 0 radical (unpaired) electrons. The lowest BCUT2D eigenvalue weighted by Gasteiger charge is -2.13. The summed E-state index contributed by atoms with van der Waals surface area (Å²) in [4.78, 5) is 22.4. The summed E-state index contributed by atoms with van der Waals surface area (Å²) in [5, 5.41) is 15.9. The fourth-order valence-electron chi connectivity index (χ4n) is 2.21. The number of nitrogens with zero attached hydrogens (tertiary/aromatic N) is 1. The molecule has 0 saturated carbocycles. The summed E-state index contributed by atoms with van der Waals surface area (Å²) >= 11 is 5.08. The number of benzene rings is 2. The minimum Gasteiger partial charge on any atom is -0.332 e. The average molecular weight is 437 g/mol. The Morgan fingerprint density at radius 1 is 1.14 bits per heavy atom. The molecule has 2 aromatic carbocycles. The Morgan fingerprint density at radius 2 is 1.72 bits per heavy atom. The van der Waals surface area contributed by atoms with E-state index < -0.39 is 20.9 Å². The molecule has 0 saturated heterocycles. The highest BCUT2D eigenvalue weighted by molar-refractivity contribution is 7.89. The van der Waals surface area contributed by atoms with Crippen LogP contribution < -0.4 is 15.4 Å². The van der Waals surface area contributed by atoms with E-state index in [2.05, 4.69) is 15.4 Å². The van der Waals surface area contributed by atoms with Gasteiger partial charge in [0.15, 0.2) is 5.11 Å². The third-order valence-electron chi connectivity index (χ3n) is 3.96. The monoisotopic (exact) mass is 436 g/mol. The second-order valence-electron chi connectivity index (χ2n) is 6.17. The number of anilines is 1. The molecule has 29 heavy (non-hydrogen) atoms. The van der Waals surface area contributed by atoms with Gasteiger partial charge in [-0.3, -0.25) is 20.2 Å². The number of hydrogen-bond acceptors (Lipinski definition) is 6. The van der Waals surface area contributed by atoms with Crippen molar-refractivity contribution in [3.63, 3.8) is 0 Å². The maximum absolute atomic E-state index is 12.2. The number of carbonyl (C=O) groups excluding carboxylic acids is 1. The van der Waals surface area contributed by atoms with Crippen molar-refractivity contribution >= 4 is 44.6 Å². The van der Waals surface area contributed by atoms with Crippen molar-refractivity contribution in [1.29, 1.82) is 0 Å². The molecule has 0 fully saturated rings. The lowest BCUT2D eigenvalue weighted by atomic mass is 10.2. The van der Waals surface area contributed by atoms with Crippen LogP contribution in [0.15, 0.2) is 53.4 Å². The van der Waals surface area contributed by atoms with Crippen LogP contribution in [0.1, 0.15) is 30.6 Å². The number of hydrogen-bond donors (Lipinski definition) is 3. The minimum absolute atomic E-state index is 0.00156. The van der Waals surface area contributed by atoms with Gasteiger partial charge in [-0.15, -0.1) is 0 Å². The first-order chi connectivity index (χ1) is 13.6. The van der Waals surface area contributed by atoms with Gasteiger partial charge in [-0.05, 0) is 62.0 Å². The van der Waals surface area contributed by atoms with Crippen LogP contribution >= 0.6 is 12.2 Å². The van der Waals surface area contributed by atoms with E-state index in [4.69, 9.17) is 12.2 Å². The molecule has 154 valence electrons. The second-order valence-corrected chi connectivity index (χ2v) is 8.29. The Hall–Kier alpha value is -2.89. The van der Waals surface area contributed by atoms with Gasteiger partial charge in [0.1, 0.15) is 0 Å². The van der Waals surface area contributed by atoms with E-state index in [-0.39, 0.29) is 27.3 Å². The normalized spacial score (nSPS) is 12.1. The number of carbonyl (C=O) groups is 1. The van der Waals surface area contributed by atoms with Gasteiger partial charge in [-0.2, -0.15) is 0 Å². The van der Waals surface area contributed by atoms with Crippen LogP contribution in [0.5, 0.6) is 0 Å². The first-order valence-electron chi connectivity index (χ1n) is 8.61. The quantitative estimate of drug-likeness (QED) is 0.346. The van der Waals surface area contributed by atoms with E-state index in [9.17, 15) is 23.3 Å². The summed E-state index contributed by atoms with van der Waals surface area (Å²) in [6.45, 7) is 3.66. The van der Waals surface area contributed by atoms with Crippen LogP contribution in [0.25, 0.3) is 0 Å². The highest BCUT2D eigenvalue weighted by Crippen LogP contribution is 2.15. The fraction of sp³-hybridized carbons (Fsp3) is 0.222. The number of nitrogens with one attached hydrogen (secondary N) is 3. The first-order valence-corrected chi connectivity index (χ1v) is 10.5. The van der Waals surface area contributed by atoms with E-state index in [0.717, 1.165) is 0 Å². The molecular formula is C18H20N4O5S2. The molecule has 0 spiro atoms. The zero-order valence-electron chi connectivity index (χ0n) is 15.7. The molecule has 9 nitrogen and oxygen atoms in total. The largest absolute Gasteiger partial charge is 0.332 e. The van der Waals surface area contributed by atoms with Crippen molar-refractivity contribution in [1.82, 2.24) is 10.0 Å². The third-order valence-corrected chi connectivity index (χ3v) is 5.77. The number of nitro groups is 1. The van der Waals surface area contributed by atoms with Crippen LogP contribution in [0.3, 0.4) is 0 Å². The van der Waals surface area contributed by atoms with Gasteiger partial charge >= 0.3 is 0 Å². The van der Waals surface area contributed by atoms with E-state index in [1.54, 1.807) is 6.92 Å². The van der Waals surface area contributed by atoms with E-state index in [1.807, 2.05) is 6.92 Å². The summed E-state index contributed by atoms with van der Waals surface area (Å²) in [6.07, 6.45) is 0.668. The zero-order valence-corrected chi connectivity index (χ0v) is 17.3. The van der Waals surface area contributed by atoms with Gasteiger partial charge in [-0.1, -0.05) is 6.92 Å². The predicted molar refractivity (Wildman–Crippen MR) is 113 cm³/mol. The third kappa shape index (κ3) is 6.31. The standard InChI is InChI=1S/C18H20N4O5S2/c1-3-12(2)21-29(26,27)16-10-6-14(7-11-16)19-18(28)20-17(23)13-4-8-15(9-5-13)22(24)25/h4-12,21H,3H2,1-2H3,(H2,19,20,23,28). The molecule has 3 N–H and O–H groups in total. The van der Waals surface area contributed by atoms with Gasteiger partial charge in [0.2, 0.25) is 10.0 Å². The maximum atomic E-state index is 12.2. The summed E-state index contributed by atoms with van der Waals surface area (Å²) in [5.74, 6) is -0.533. The molecule has 11 heteroatoms. The number of nitro benzene ring substituents is 1. The molecule has 1 atom stereocenters. The van der Waals surface area contributed by atoms with Crippen LogP contribution in [-0.4, -0.2) is 30.4 Å². The number of amides is 1. The summed E-state index contributed by atoms with van der Waals surface area (Å²) in [5.41, 5.74) is 0.568. The lowest BCUT2D eigenvalue weighted by Crippen LogP contribution is -2.34. The molecule has 0 heterocycles. The Balaban J connectivity index is 1.98. The Kier molecular flexibility index (Phi) is 7.37. The van der Waals surface area contributed by atoms with Crippen LogP contribution in [0.2, 0.25) is 0 Å². The van der Waals surface area contributed by atoms with Crippen molar-refractivity contribution in [2.45, 2.75) is 31.2 Å². The molecule has 2 rings (SSSR count). The van der Waals surface area contributed by atoms with Gasteiger partial charge < -0.3 is 5.32 Å². The Labute approximate surface area is 173 Å². The van der Waals surface area contributed by atoms with Gasteiger partial charge in [0, 0.05) is 29.4 Å². The molecule has 0 bridgehead atoms. The van der Waals surface area contributed by atoms with Gasteiger partial charge in [0.05, 0.1) is 9.82 Å². The summed E-state index contributed by atoms with van der Waals surface area (Å²) < 4.78 is 27.1. The number of sulfonamides is 1. The lowest BCUT2D eigenvalue weighted by molar-refractivity contribution is -0.384. The number of thiocarbonyl (C=S) groups is 1. The number of rotatable bonds is 7. The fourth-order valence-corrected chi connectivity index (χ4v) is 3.74. The van der Waals surface area contributed by atoms with Crippen LogP contribution in [0, 0.1) is 10.1 Å². The van der Waals surface area contributed by atoms with Crippen LogP contribution in [-0.2, 0) is 10.0 Å². The number of non-ortho nitro benzene ring substituents is 1. The molecule has 2 aromatic rings. The molecular weight excluding hydrogens is 416 g/mol. The van der Waals surface area contributed by atoms with Crippen molar-refractivity contribution in [3.05, 3.63) is 64.2 Å².